The predicted octanol–water partition coefficient (Wildman–Crippen LogP) is 1.63. The van der Waals surface area contributed by atoms with Gasteiger partial charge >= 0.3 is 5.97 Å². The summed E-state index contributed by atoms with van der Waals surface area (Å²) >= 11 is 0. The molecule has 1 aromatic rings. The minimum Gasteiger partial charge on any atom is -0.480 e. The molecule has 0 unspecified atom stereocenters. The SMILES string of the molecule is CCC1CCC(NC(=O)c2cncnc2)(C(=O)O)CC1. The Balaban J connectivity index is 2.11. The number of carboxylic acid groups (broad SMARTS) is 1. The lowest BCUT2D eigenvalue weighted by atomic mass is 9.75. The molecule has 1 heterocycles. The van der Waals surface area contributed by atoms with Gasteiger partial charge in [0, 0.05) is 12.4 Å². The van der Waals surface area contributed by atoms with Crippen molar-refractivity contribution in [2.24, 2.45) is 5.92 Å². The van der Waals surface area contributed by atoms with E-state index in [-0.39, 0.29) is 5.56 Å². The van der Waals surface area contributed by atoms with Gasteiger partial charge in [-0.05, 0) is 31.6 Å². The van der Waals surface area contributed by atoms with Crippen LogP contribution >= 0.6 is 0 Å². The van der Waals surface area contributed by atoms with Gasteiger partial charge in [-0.1, -0.05) is 13.3 Å². The molecule has 6 nitrogen and oxygen atoms in total. The van der Waals surface area contributed by atoms with Gasteiger partial charge < -0.3 is 10.4 Å². The number of hydrogen-bond donors (Lipinski definition) is 2. The lowest BCUT2D eigenvalue weighted by molar-refractivity contribution is -0.146. The van der Waals surface area contributed by atoms with Crippen molar-refractivity contribution in [3.8, 4) is 0 Å². The quantitative estimate of drug-likeness (QED) is 0.872. The van der Waals surface area contributed by atoms with Crippen molar-refractivity contribution in [2.45, 2.75) is 44.6 Å². The van der Waals surface area contributed by atoms with Crippen LogP contribution in [-0.2, 0) is 4.79 Å². The average molecular weight is 277 g/mol. The molecule has 0 atom stereocenters. The maximum atomic E-state index is 12.1. The molecule has 0 bridgehead atoms. The van der Waals surface area contributed by atoms with Gasteiger partial charge in [0.25, 0.3) is 5.91 Å². The molecule has 0 spiro atoms. The van der Waals surface area contributed by atoms with Crippen LogP contribution in [0.15, 0.2) is 18.7 Å². The van der Waals surface area contributed by atoms with Gasteiger partial charge in [0.05, 0.1) is 5.56 Å². The van der Waals surface area contributed by atoms with E-state index < -0.39 is 17.4 Å². The number of carbonyl (C=O) groups is 2. The molecule has 1 saturated carbocycles. The second-order valence-electron chi connectivity index (χ2n) is 5.32. The van der Waals surface area contributed by atoms with Crippen molar-refractivity contribution in [2.75, 3.05) is 0 Å². The fraction of sp³-hybridized carbons (Fsp3) is 0.571. The maximum absolute atomic E-state index is 12.1. The molecule has 1 aliphatic rings. The zero-order valence-electron chi connectivity index (χ0n) is 11.5. The van der Waals surface area contributed by atoms with Crippen LogP contribution in [0.4, 0.5) is 0 Å². The van der Waals surface area contributed by atoms with E-state index in [1.807, 2.05) is 0 Å². The third-order valence-corrected chi connectivity index (χ3v) is 4.12. The van der Waals surface area contributed by atoms with E-state index in [0.29, 0.717) is 18.8 Å². The van der Waals surface area contributed by atoms with Gasteiger partial charge in [0.1, 0.15) is 11.9 Å². The summed E-state index contributed by atoms with van der Waals surface area (Å²) in [7, 11) is 0. The topological polar surface area (TPSA) is 92.2 Å². The first kappa shape index (κ1) is 14.4. The predicted molar refractivity (Wildman–Crippen MR) is 72.1 cm³/mol. The van der Waals surface area contributed by atoms with Gasteiger partial charge in [-0.15, -0.1) is 0 Å². The molecule has 0 aromatic carbocycles. The van der Waals surface area contributed by atoms with E-state index in [2.05, 4.69) is 22.2 Å². The van der Waals surface area contributed by atoms with E-state index in [0.717, 1.165) is 19.3 Å². The smallest absolute Gasteiger partial charge is 0.329 e. The largest absolute Gasteiger partial charge is 0.480 e. The van der Waals surface area contributed by atoms with Crippen molar-refractivity contribution in [3.05, 3.63) is 24.3 Å². The first-order valence-corrected chi connectivity index (χ1v) is 6.88. The monoisotopic (exact) mass is 277 g/mol. The summed E-state index contributed by atoms with van der Waals surface area (Å²) in [5, 5.41) is 12.2. The van der Waals surface area contributed by atoms with Gasteiger partial charge in [0.2, 0.25) is 0 Å². The number of aliphatic carboxylic acids is 1. The van der Waals surface area contributed by atoms with E-state index in [4.69, 9.17) is 0 Å². The lowest BCUT2D eigenvalue weighted by Crippen LogP contribution is -2.56. The molecule has 0 saturated heterocycles. The van der Waals surface area contributed by atoms with Gasteiger partial charge in [-0.2, -0.15) is 0 Å². The first-order valence-electron chi connectivity index (χ1n) is 6.88. The maximum Gasteiger partial charge on any atom is 0.329 e. The molecule has 1 amide bonds. The molecular formula is C14H19N3O3. The van der Waals surface area contributed by atoms with Crippen LogP contribution in [0.2, 0.25) is 0 Å². The number of nitrogens with one attached hydrogen (secondary N) is 1. The van der Waals surface area contributed by atoms with Crippen LogP contribution in [-0.4, -0.2) is 32.5 Å². The van der Waals surface area contributed by atoms with Crippen molar-refractivity contribution in [1.82, 2.24) is 15.3 Å². The average Bonchev–Trinajstić information content (AvgIpc) is 2.48. The highest BCUT2D eigenvalue weighted by Gasteiger charge is 2.43. The zero-order valence-corrected chi connectivity index (χ0v) is 11.5. The molecular weight excluding hydrogens is 258 g/mol. The number of nitrogens with zero attached hydrogens (tertiary/aromatic N) is 2. The molecule has 1 fully saturated rings. The molecule has 0 radical (unpaired) electrons. The Kier molecular flexibility index (Phi) is 4.32. The minimum atomic E-state index is -1.15. The number of carbonyl (C=O) groups excluding carboxylic acids is 1. The van der Waals surface area contributed by atoms with Crippen LogP contribution < -0.4 is 5.32 Å². The molecule has 6 heteroatoms. The van der Waals surface area contributed by atoms with E-state index >= 15 is 0 Å². The molecule has 0 aliphatic heterocycles. The number of carboxylic acids is 1. The highest BCUT2D eigenvalue weighted by Crippen LogP contribution is 2.34. The Hall–Kier alpha value is -1.98. The summed E-state index contributed by atoms with van der Waals surface area (Å²) in [6, 6.07) is 0. The van der Waals surface area contributed by atoms with Gasteiger partial charge in [-0.25, -0.2) is 14.8 Å². The zero-order chi connectivity index (χ0) is 14.6. The number of aromatic nitrogens is 2. The molecule has 1 aromatic heterocycles. The van der Waals surface area contributed by atoms with Crippen molar-refractivity contribution in [1.29, 1.82) is 0 Å². The number of amides is 1. The van der Waals surface area contributed by atoms with Crippen molar-refractivity contribution >= 4 is 11.9 Å². The highest BCUT2D eigenvalue weighted by molar-refractivity contribution is 5.97. The molecule has 20 heavy (non-hydrogen) atoms. The number of hydrogen-bond acceptors (Lipinski definition) is 4. The fourth-order valence-corrected chi connectivity index (χ4v) is 2.68. The molecule has 108 valence electrons. The Morgan fingerprint density at radius 3 is 2.45 bits per heavy atom. The summed E-state index contributed by atoms with van der Waals surface area (Å²) in [5.74, 6) is -0.834. The Bertz CT molecular complexity index is 482. The summed E-state index contributed by atoms with van der Waals surface area (Å²) in [6.07, 6.45) is 7.75. The van der Waals surface area contributed by atoms with E-state index in [9.17, 15) is 14.7 Å². The fourth-order valence-electron chi connectivity index (χ4n) is 2.68. The van der Waals surface area contributed by atoms with Crippen LogP contribution in [0.5, 0.6) is 0 Å². The van der Waals surface area contributed by atoms with Crippen LogP contribution in [0.1, 0.15) is 49.4 Å². The summed E-state index contributed by atoms with van der Waals surface area (Å²) in [5.41, 5.74) is -0.871. The Labute approximate surface area is 117 Å². The molecule has 2 rings (SSSR count). The van der Waals surface area contributed by atoms with Crippen LogP contribution in [0.25, 0.3) is 0 Å². The normalized spacial score (nSPS) is 25.9. The third-order valence-electron chi connectivity index (χ3n) is 4.12. The van der Waals surface area contributed by atoms with Crippen LogP contribution in [0, 0.1) is 5.92 Å². The Morgan fingerprint density at radius 2 is 1.95 bits per heavy atom. The van der Waals surface area contributed by atoms with Gasteiger partial charge in [-0.3, -0.25) is 4.79 Å². The summed E-state index contributed by atoms with van der Waals surface area (Å²) in [4.78, 5) is 31.3. The van der Waals surface area contributed by atoms with Crippen molar-refractivity contribution in [3.63, 3.8) is 0 Å². The third kappa shape index (κ3) is 2.95. The molecule has 1 aliphatic carbocycles. The highest BCUT2D eigenvalue weighted by atomic mass is 16.4. The summed E-state index contributed by atoms with van der Waals surface area (Å²) in [6.45, 7) is 2.11. The standard InChI is InChI=1S/C14H19N3O3/c1-2-10-3-5-14(6-4-10,13(19)20)17-12(18)11-7-15-9-16-8-11/h7-10H,2-6H2,1H3,(H,17,18)(H,19,20). The van der Waals surface area contributed by atoms with E-state index in [1.54, 1.807) is 0 Å². The summed E-state index contributed by atoms with van der Waals surface area (Å²) < 4.78 is 0. The Morgan fingerprint density at radius 1 is 1.35 bits per heavy atom. The second kappa shape index (κ2) is 5.98. The molecule has 2 N–H and O–H groups in total. The lowest BCUT2D eigenvalue weighted by Gasteiger charge is -2.37. The minimum absolute atomic E-state index is 0.283. The van der Waals surface area contributed by atoms with E-state index in [1.165, 1.54) is 18.7 Å². The first-order chi connectivity index (χ1) is 9.57. The second-order valence-corrected chi connectivity index (χ2v) is 5.32. The van der Waals surface area contributed by atoms with Crippen molar-refractivity contribution < 1.29 is 14.7 Å². The number of rotatable bonds is 4. The van der Waals surface area contributed by atoms with Crippen LogP contribution in [0.3, 0.4) is 0 Å². The van der Waals surface area contributed by atoms with Gasteiger partial charge in [0.15, 0.2) is 0 Å².